The Hall–Kier alpha value is -7.36. The zero-order valence-corrected chi connectivity index (χ0v) is 29.8. The Balaban J connectivity index is 1.11. The van der Waals surface area contributed by atoms with Crippen LogP contribution in [0.4, 0.5) is 0 Å². The summed E-state index contributed by atoms with van der Waals surface area (Å²) in [6.07, 6.45) is 0. The van der Waals surface area contributed by atoms with Crippen LogP contribution in [0.2, 0.25) is 0 Å². The first kappa shape index (κ1) is 31.2. The molecule has 0 N–H and O–H groups in total. The number of rotatable bonds is 5. The number of para-hydroxylation sites is 2. The monoisotopic (exact) mass is 700 g/mol. The first-order chi connectivity index (χ1) is 27.2. The van der Waals surface area contributed by atoms with E-state index in [1.54, 1.807) is 0 Å². The van der Waals surface area contributed by atoms with Crippen LogP contribution in [0.15, 0.2) is 199 Å². The third-order valence-electron chi connectivity index (χ3n) is 10.9. The van der Waals surface area contributed by atoms with E-state index < -0.39 is 0 Å². The third-order valence-corrected chi connectivity index (χ3v) is 10.9. The fraction of sp³-hybridized carbons (Fsp3) is 0. The van der Waals surface area contributed by atoms with Crippen molar-refractivity contribution in [3.8, 4) is 56.2 Å². The zero-order chi connectivity index (χ0) is 36.3. The van der Waals surface area contributed by atoms with Crippen molar-refractivity contribution in [1.82, 2.24) is 9.97 Å². The molecule has 11 rings (SSSR count). The van der Waals surface area contributed by atoms with Gasteiger partial charge in [0, 0.05) is 33.0 Å². The Morgan fingerprint density at radius 1 is 0.327 bits per heavy atom. The first-order valence-corrected chi connectivity index (χ1v) is 18.6. The second-order valence-corrected chi connectivity index (χ2v) is 14.1. The molecule has 0 aliphatic rings. The van der Waals surface area contributed by atoms with Crippen LogP contribution in [0, 0.1) is 0 Å². The highest BCUT2D eigenvalue weighted by Crippen LogP contribution is 2.41. The molecule has 11 aromatic rings. The smallest absolute Gasteiger partial charge is 0.161 e. The standard InChI is InChI=1S/C52H32N2O/c1-2-11-33(12-3-1)34-21-25-37(26-22-34)47-32-48(38-27-23-36(24-28-38)42-18-10-19-45-43-17-8-9-20-49(43)55-51(42)45)54-52(53-47)50-41-16-7-5-14-39(41)31-46-40-15-6-4-13-35(40)29-30-44(46)50/h1-32H. The van der Waals surface area contributed by atoms with E-state index in [0.29, 0.717) is 5.82 Å². The average molecular weight is 701 g/mol. The normalized spacial score (nSPS) is 11.6. The van der Waals surface area contributed by atoms with Gasteiger partial charge in [0.05, 0.1) is 11.4 Å². The fourth-order valence-corrected chi connectivity index (χ4v) is 8.18. The maximum absolute atomic E-state index is 6.40. The van der Waals surface area contributed by atoms with Crippen LogP contribution in [0.5, 0.6) is 0 Å². The average Bonchev–Trinajstić information content (AvgIpc) is 3.65. The largest absolute Gasteiger partial charge is 0.455 e. The van der Waals surface area contributed by atoms with E-state index in [1.807, 2.05) is 18.2 Å². The van der Waals surface area contributed by atoms with Crippen LogP contribution in [0.3, 0.4) is 0 Å². The van der Waals surface area contributed by atoms with Crippen molar-refractivity contribution in [2.75, 3.05) is 0 Å². The number of fused-ring (bicyclic) bond motifs is 7. The summed E-state index contributed by atoms with van der Waals surface area (Å²) in [5, 5.41) is 9.29. The molecule has 256 valence electrons. The van der Waals surface area contributed by atoms with Crippen LogP contribution < -0.4 is 0 Å². The van der Waals surface area contributed by atoms with Crippen molar-refractivity contribution in [2.24, 2.45) is 0 Å². The molecule has 3 heteroatoms. The van der Waals surface area contributed by atoms with Crippen LogP contribution >= 0.6 is 0 Å². The second-order valence-electron chi connectivity index (χ2n) is 14.1. The lowest BCUT2D eigenvalue weighted by molar-refractivity contribution is 0.670. The second kappa shape index (κ2) is 12.6. The maximum atomic E-state index is 6.40. The van der Waals surface area contributed by atoms with Gasteiger partial charge in [0.1, 0.15) is 11.2 Å². The summed E-state index contributed by atoms with van der Waals surface area (Å²) in [4.78, 5) is 10.8. The highest BCUT2D eigenvalue weighted by Gasteiger charge is 2.18. The molecular weight excluding hydrogens is 669 g/mol. The van der Waals surface area contributed by atoms with Crippen LogP contribution in [0.1, 0.15) is 0 Å². The minimum absolute atomic E-state index is 0.702. The predicted octanol–water partition coefficient (Wildman–Crippen LogP) is 14.2. The number of benzene rings is 9. The van der Waals surface area contributed by atoms with Gasteiger partial charge in [-0.3, -0.25) is 0 Å². The molecule has 9 aromatic carbocycles. The number of furan rings is 1. The minimum atomic E-state index is 0.702. The Morgan fingerprint density at radius 3 is 1.67 bits per heavy atom. The number of aromatic nitrogens is 2. The summed E-state index contributed by atoms with van der Waals surface area (Å²) in [5.41, 5.74) is 11.1. The van der Waals surface area contributed by atoms with Gasteiger partial charge in [-0.2, -0.15) is 0 Å². The van der Waals surface area contributed by atoms with E-state index in [9.17, 15) is 0 Å². The van der Waals surface area contributed by atoms with E-state index in [4.69, 9.17) is 14.4 Å². The molecule has 0 fully saturated rings. The number of hydrogen-bond donors (Lipinski definition) is 0. The van der Waals surface area contributed by atoms with Gasteiger partial charge < -0.3 is 4.42 Å². The van der Waals surface area contributed by atoms with Gasteiger partial charge in [0.25, 0.3) is 0 Å². The molecule has 2 aromatic heterocycles. The fourth-order valence-electron chi connectivity index (χ4n) is 8.18. The highest BCUT2D eigenvalue weighted by atomic mass is 16.3. The molecular formula is C52H32N2O. The maximum Gasteiger partial charge on any atom is 0.161 e. The topological polar surface area (TPSA) is 38.9 Å². The van der Waals surface area contributed by atoms with Crippen LogP contribution in [0.25, 0.3) is 110 Å². The molecule has 0 amide bonds. The molecule has 55 heavy (non-hydrogen) atoms. The molecule has 0 saturated heterocycles. The molecule has 2 heterocycles. The predicted molar refractivity (Wildman–Crippen MR) is 229 cm³/mol. The molecule has 0 atom stereocenters. The highest BCUT2D eigenvalue weighted by molar-refractivity contribution is 6.19. The lowest BCUT2D eigenvalue weighted by Gasteiger charge is -2.15. The van der Waals surface area contributed by atoms with Gasteiger partial charge in [0.15, 0.2) is 5.82 Å². The molecule has 0 aliphatic carbocycles. The lowest BCUT2D eigenvalue weighted by atomic mass is 9.92. The zero-order valence-electron chi connectivity index (χ0n) is 29.8. The van der Waals surface area contributed by atoms with E-state index >= 15 is 0 Å². The van der Waals surface area contributed by atoms with Crippen molar-refractivity contribution in [1.29, 1.82) is 0 Å². The summed E-state index contributed by atoms with van der Waals surface area (Å²) in [5.74, 6) is 0.702. The summed E-state index contributed by atoms with van der Waals surface area (Å²) in [6.45, 7) is 0. The summed E-state index contributed by atoms with van der Waals surface area (Å²) >= 11 is 0. The summed E-state index contributed by atoms with van der Waals surface area (Å²) in [6, 6.07) is 68.5. The Bertz CT molecular complexity index is 3230. The van der Waals surface area contributed by atoms with E-state index in [1.165, 1.54) is 27.3 Å². The van der Waals surface area contributed by atoms with Gasteiger partial charge in [-0.15, -0.1) is 0 Å². The Kier molecular flexibility index (Phi) is 7.17. The van der Waals surface area contributed by atoms with Gasteiger partial charge in [-0.25, -0.2) is 9.97 Å². The first-order valence-electron chi connectivity index (χ1n) is 18.6. The molecule has 0 unspecified atom stereocenters. The van der Waals surface area contributed by atoms with Gasteiger partial charge >= 0.3 is 0 Å². The van der Waals surface area contributed by atoms with Crippen LogP contribution in [-0.4, -0.2) is 9.97 Å². The van der Waals surface area contributed by atoms with Gasteiger partial charge in [0.2, 0.25) is 0 Å². The quantitative estimate of drug-likeness (QED) is 0.133. The molecule has 0 aliphatic heterocycles. The van der Waals surface area contributed by atoms with Crippen molar-refractivity contribution in [3.63, 3.8) is 0 Å². The van der Waals surface area contributed by atoms with Crippen molar-refractivity contribution >= 4 is 54.3 Å². The van der Waals surface area contributed by atoms with Crippen molar-refractivity contribution in [2.45, 2.75) is 0 Å². The van der Waals surface area contributed by atoms with Crippen molar-refractivity contribution < 1.29 is 4.42 Å². The Labute approximate surface area is 317 Å². The molecule has 0 spiro atoms. The van der Waals surface area contributed by atoms with Gasteiger partial charge in [-0.1, -0.05) is 176 Å². The molecule has 0 saturated carbocycles. The van der Waals surface area contributed by atoms with Crippen molar-refractivity contribution in [3.05, 3.63) is 194 Å². The van der Waals surface area contributed by atoms with E-state index in [-0.39, 0.29) is 0 Å². The summed E-state index contributed by atoms with van der Waals surface area (Å²) in [7, 11) is 0. The van der Waals surface area contributed by atoms with E-state index in [2.05, 4.69) is 176 Å². The summed E-state index contributed by atoms with van der Waals surface area (Å²) < 4.78 is 6.40. The lowest BCUT2D eigenvalue weighted by Crippen LogP contribution is -1.98. The van der Waals surface area contributed by atoms with Gasteiger partial charge in [-0.05, 0) is 67.2 Å². The number of nitrogens with zero attached hydrogens (tertiary/aromatic N) is 2. The molecule has 3 nitrogen and oxygen atoms in total. The third kappa shape index (κ3) is 5.28. The molecule has 0 radical (unpaired) electrons. The van der Waals surface area contributed by atoms with Crippen LogP contribution in [-0.2, 0) is 0 Å². The van der Waals surface area contributed by atoms with E-state index in [0.717, 1.165) is 77.3 Å². The Morgan fingerprint density at radius 2 is 0.909 bits per heavy atom. The number of hydrogen-bond acceptors (Lipinski definition) is 3. The minimum Gasteiger partial charge on any atom is -0.455 e. The SMILES string of the molecule is c1ccc(-c2ccc(-c3cc(-c4ccc(-c5cccc6c5oc5ccccc56)cc4)nc(-c4c5ccccc5cc5c4ccc4ccccc45)n3)cc2)cc1. The molecule has 0 bridgehead atoms.